The molecule has 174 valence electrons. The molecule has 2 N–H and O–H groups in total. The van der Waals surface area contributed by atoms with Crippen molar-refractivity contribution in [2.45, 2.75) is 45.9 Å². The van der Waals surface area contributed by atoms with Crippen molar-refractivity contribution in [1.29, 1.82) is 0 Å². The van der Waals surface area contributed by atoms with E-state index in [1.165, 1.54) is 12.1 Å². The highest BCUT2D eigenvalue weighted by molar-refractivity contribution is 5.99. The number of fused-ring (bicyclic) bond motifs is 3. The van der Waals surface area contributed by atoms with Gasteiger partial charge in [0.05, 0.1) is 36.7 Å². The van der Waals surface area contributed by atoms with Gasteiger partial charge in [-0.2, -0.15) is 0 Å². The number of anilines is 1. The maximum Gasteiger partial charge on any atom is 0.573 e. The molecule has 10 heteroatoms. The Bertz CT molecular complexity index is 1180. The maximum atomic E-state index is 13.3. The molecule has 0 saturated heterocycles. The lowest BCUT2D eigenvalue weighted by Gasteiger charge is -2.22. The fourth-order valence-corrected chi connectivity index (χ4v) is 4.00. The van der Waals surface area contributed by atoms with Gasteiger partial charge in [0.2, 0.25) is 0 Å². The van der Waals surface area contributed by atoms with E-state index in [-0.39, 0.29) is 18.6 Å². The van der Waals surface area contributed by atoms with E-state index in [1.54, 1.807) is 23.1 Å². The van der Waals surface area contributed by atoms with E-state index in [9.17, 15) is 18.0 Å². The number of nitrogens with two attached hydrogens (primary N) is 1. The first-order chi connectivity index (χ1) is 15.7. The standard InChI is InChI=1S/C23H23F3N4O3/c1-3-8-30(11-15-5-6-16(10-28-15)33-23(24,25)26)22(31)14-4-7-19-17(9-14)18-12-32-13(2)20(18)21(27)29-19/h4-7,9-10,13H,3,8,11-12H2,1-2H3,(H2,27,29)/t13-/m1/s1. The summed E-state index contributed by atoms with van der Waals surface area (Å²) < 4.78 is 46.6. The summed E-state index contributed by atoms with van der Waals surface area (Å²) in [6.07, 6.45) is -3.25. The molecule has 7 nitrogen and oxygen atoms in total. The second kappa shape index (κ2) is 8.86. The summed E-state index contributed by atoms with van der Waals surface area (Å²) in [4.78, 5) is 23.4. The van der Waals surface area contributed by atoms with Crippen LogP contribution in [0.4, 0.5) is 19.0 Å². The maximum absolute atomic E-state index is 13.3. The third kappa shape index (κ3) is 4.85. The molecule has 0 bridgehead atoms. The molecular weight excluding hydrogens is 437 g/mol. The number of carbonyl (C=O) groups is 1. The van der Waals surface area contributed by atoms with Crippen LogP contribution in [0.3, 0.4) is 0 Å². The minimum Gasteiger partial charge on any atom is -0.404 e. The molecule has 1 aliphatic rings. The Labute approximate surface area is 188 Å². The number of benzene rings is 1. The number of aromatic nitrogens is 2. The zero-order valence-electron chi connectivity index (χ0n) is 18.1. The third-order valence-corrected chi connectivity index (χ3v) is 5.46. The molecule has 3 heterocycles. The molecule has 4 rings (SSSR count). The third-order valence-electron chi connectivity index (χ3n) is 5.46. The van der Waals surface area contributed by atoms with Gasteiger partial charge in [0.15, 0.2) is 0 Å². The number of halogens is 3. The second-order valence-electron chi connectivity index (χ2n) is 7.83. The van der Waals surface area contributed by atoms with Gasteiger partial charge in [-0.15, -0.1) is 13.2 Å². The SMILES string of the molecule is CCCN(Cc1ccc(OC(F)(F)F)cn1)C(=O)c1ccc2nc(N)c3c(c2c1)CO[C@@H]3C. The number of hydrogen-bond donors (Lipinski definition) is 1. The Balaban J connectivity index is 1.60. The first kappa shape index (κ1) is 22.8. The predicted octanol–water partition coefficient (Wildman–Crippen LogP) is 4.75. The number of amides is 1. The first-order valence-corrected chi connectivity index (χ1v) is 10.5. The lowest BCUT2D eigenvalue weighted by atomic mass is 10.00. The summed E-state index contributed by atoms with van der Waals surface area (Å²) in [5.41, 5.74) is 9.49. The summed E-state index contributed by atoms with van der Waals surface area (Å²) in [6, 6.07) is 7.84. The van der Waals surface area contributed by atoms with Crippen molar-refractivity contribution in [1.82, 2.24) is 14.9 Å². The molecule has 1 aliphatic heterocycles. The Hall–Kier alpha value is -3.40. The Morgan fingerprint density at radius 1 is 1.30 bits per heavy atom. The summed E-state index contributed by atoms with van der Waals surface area (Å²) in [5.74, 6) is -0.196. The molecule has 1 amide bonds. The molecule has 0 radical (unpaired) electrons. The minimum absolute atomic E-state index is 0.148. The van der Waals surface area contributed by atoms with Gasteiger partial charge in [0.1, 0.15) is 11.6 Å². The zero-order valence-corrected chi connectivity index (χ0v) is 18.1. The molecule has 0 saturated carbocycles. The molecule has 1 atom stereocenters. The van der Waals surface area contributed by atoms with Gasteiger partial charge < -0.3 is 20.1 Å². The van der Waals surface area contributed by atoms with Crippen LogP contribution in [0.2, 0.25) is 0 Å². The van der Waals surface area contributed by atoms with E-state index in [4.69, 9.17) is 10.5 Å². The van der Waals surface area contributed by atoms with E-state index in [0.29, 0.717) is 42.2 Å². The van der Waals surface area contributed by atoms with Crippen LogP contribution in [-0.2, 0) is 17.9 Å². The molecule has 2 aromatic heterocycles. The van der Waals surface area contributed by atoms with Gasteiger partial charge in [0.25, 0.3) is 5.91 Å². The summed E-state index contributed by atoms with van der Waals surface area (Å²) in [6.45, 7) is 4.84. The molecule has 3 aromatic rings. The Kier molecular flexibility index (Phi) is 6.11. The highest BCUT2D eigenvalue weighted by atomic mass is 19.4. The van der Waals surface area contributed by atoms with Crippen molar-refractivity contribution in [3.63, 3.8) is 0 Å². The topological polar surface area (TPSA) is 90.6 Å². The average molecular weight is 460 g/mol. The van der Waals surface area contributed by atoms with Crippen LogP contribution in [-0.4, -0.2) is 33.7 Å². The van der Waals surface area contributed by atoms with E-state index in [2.05, 4.69) is 14.7 Å². The largest absolute Gasteiger partial charge is 0.573 e. The Morgan fingerprint density at radius 2 is 2.09 bits per heavy atom. The van der Waals surface area contributed by atoms with Gasteiger partial charge >= 0.3 is 6.36 Å². The molecule has 0 unspecified atom stereocenters. The van der Waals surface area contributed by atoms with E-state index in [0.717, 1.165) is 22.7 Å². The van der Waals surface area contributed by atoms with Gasteiger partial charge in [-0.1, -0.05) is 6.92 Å². The van der Waals surface area contributed by atoms with Crippen LogP contribution in [0.25, 0.3) is 10.9 Å². The van der Waals surface area contributed by atoms with Crippen molar-refractivity contribution in [3.8, 4) is 5.75 Å². The lowest BCUT2D eigenvalue weighted by molar-refractivity contribution is -0.274. The van der Waals surface area contributed by atoms with Crippen molar-refractivity contribution in [2.75, 3.05) is 12.3 Å². The van der Waals surface area contributed by atoms with Gasteiger partial charge in [-0.3, -0.25) is 9.78 Å². The molecule has 0 aliphatic carbocycles. The second-order valence-corrected chi connectivity index (χ2v) is 7.83. The van der Waals surface area contributed by atoms with E-state index >= 15 is 0 Å². The molecular formula is C23H23F3N4O3. The zero-order chi connectivity index (χ0) is 23.8. The quantitative estimate of drug-likeness (QED) is 0.571. The van der Waals surface area contributed by atoms with E-state index < -0.39 is 12.1 Å². The van der Waals surface area contributed by atoms with E-state index in [1.807, 2.05) is 13.8 Å². The van der Waals surface area contributed by atoms with Crippen molar-refractivity contribution in [2.24, 2.45) is 0 Å². The lowest BCUT2D eigenvalue weighted by Crippen LogP contribution is -2.31. The normalized spacial score (nSPS) is 15.5. The number of hydrogen-bond acceptors (Lipinski definition) is 6. The van der Waals surface area contributed by atoms with Gasteiger partial charge in [-0.05, 0) is 49.2 Å². The number of rotatable bonds is 6. The molecule has 0 fully saturated rings. The van der Waals surface area contributed by atoms with Crippen LogP contribution in [0, 0.1) is 0 Å². The number of pyridine rings is 2. The van der Waals surface area contributed by atoms with Crippen molar-refractivity contribution >= 4 is 22.6 Å². The average Bonchev–Trinajstić information content (AvgIpc) is 3.15. The summed E-state index contributed by atoms with van der Waals surface area (Å²) >= 11 is 0. The molecule has 33 heavy (non-hydrogen) atoms. The molecule has 1 aromatic carbocycles. The predicted molar refractivity (Wildman–Crippen MR) is 115 cm³/mol. The highest BCUT2D eigenvalue weighted by Gasteiger charge is 2.31. The smallest absolute Gasteiger partial charge is 0.404 e. The Morgan fingerprint density at radius 3 is 2.76 bits per heavy atom. The van der Waals surface area contributed by atoms with Gasteiger partial charge in [-0.25, -0.2) is 4.98 Å². The van der Waals surface area contributed by atoms with Crippen LogP contribution in [0.5, 0.6) is 5.75 Å². The summed E-state index contributed by atoms with van der Waals surface area (Å²) in [5, 5.41) is 0.817. The van der Waals surface area contributed by atoms with Crippen LogP contribution in [0.15, 0.2) is 36.5 Å². The first-order valence-electron chi connectivity index (χ1n) is 10.5. The van der Waals surface area contributed by atoms with Crippen LogP contribution < -0.4 is 10.5 Å². The number of nitrogens with zero attached hydrogens (tertiary/aromatic N) is 3. The fraction of sp³-hybridized carbons (Fsp3) is 0.348. The highest BCUT2D eigenvalue weighted by Crippen LogP contribution is 2.38. The molecule has 0 spiro atoms. The summed E-state index contributed by atoms with van der Waals surface area (Å²) in [7, 11) is 0. The van der Waals surface area contributed by atoms with Crippen molar-refractivity contribution in [3.05, 3.63) is 58.9 Å². The van der Waals surface area contributed by atoms with Crippen LogP contribution in [0.1, 0.15) is 53.6 Å². The monoisotopic (exact) mass is 460 g/mol. The number of carbonyl (C=O) groups excluding carboxylic acids is 1. The number of alkyl halides is 3. The fourth-order valence-electron chi connectivity index (χ4n) is 4.00. The minimum atomic E-state index is -4.79. The van der Waals surface area contributed by atoms with Crippen molar-refractivity contribution < 1.29 is 27.4 Å². The number of ether oxygens (including phenoxy) is 2. The van der Waals surface area contributed by atoms with Gasteiger partial charge in [0, 0.05) is 23.1 Å². The van der Waals surface area contributed by atoms with Crippen LogP contribution >= 0.6 is 0 Å². The number of nitrogen functional groups attached to an aromatic ring is 1.